The summed E-state index contributed by atoms with van der Waals surface area (Å²) >= 11 is 0. The summed E-state index contributed by atoms with van der Waals surface area (Å²) in [4.78, 5) is 25.6. The largest absolute Gasteiger partial charge is 0.496 e. The first-order valence-electron chi connectivity index (χ1n) is 13.3. The van der Waals surface area contributed by atoms with Crippen LogP contribution in [0.25, 0.3) is 21.5 Å². The number of hydrogen-bond acceptors (Lipinski definition) is 7. The number of carbonyl (C=O) groups excluding carboxylic acids is 2. The maximum atomic E-state index is 12.8. The molecular weight excluding hydrogens is 480 g/mol. The van der Waals surface area contributed by atoms with E-state index in [0.717, 1.165) is 47.2 Å². The van der Waals surface area contributed by atoms with Crippen LogP contribution in [0.2, 0.25) is 0 Å². The van der Waals surface area contributed by atoms with Crippen molar-refractivity contribution in [2.75, 3.05) is 33.4 Å². The molecule has 0 saturated carbocycles. The summed E-state index contributed by atoms with van der Waals surface area (Å²) in [6.07, 6.45) is 3.55. The van der Waals surface area contributed by atoms with Crippen LogP contribution >= 0.6 is 0 Å². The molecule has 0 aliphatic rings. The Labute approximate surface area is 225 Å². The molecule has 3 rings (SSSR count). The van der Waals surface area contributed by atoms with Crippen molar-refractivity contribution in [3.8, 4) is 5.75 Å². The van der Waals surface area contributed by atoms with Gasteiger partial charge in [-0.2, -0.15) is 0 Å². The topological polar surface area (TPSA) is 114 Å². The molecule has 3 aromatic rings. The molecule has 206 valence electrons. The molecule has 38 heavy (non-hydrogen) atoms. The van der Waals surface area contributed by atoms with Gasteiger partial charge in [0.2, 0.25) is 0 Å². The number of methoxy groups -OCH3 is 1. The number of nitrogens with two attached hydrogens (primary N) is 2. The number of hydrogen-bond donors (Lipinski definition) is 2. The molecule has 0 unspecified atom stereocenters. The van der Waals surface area contributed by atoms with Gasteiger partial charge in [-0.3, -0.25) is 0 Å². The molecule has 0 aliphatic carbocycles. The summed E-state index contributed by atoms with van der Waals surface area (Å²) in [7, 11) is 1.59. The smallest absolute Gasteiger partial charge is 0.338 e. The molecular formula is C31H42N2O5. The zero-order valence-corrected chi connectivity index (χ0v) is 23.4. The summed E-state index contributed by atoms with van der Waals surface area (Å²) in [5, 5.41) is 3.52. The van der Waals surface area contributed by atoms with Gasteiger partial charge in [0.15, 0.2) is 0 Å². The first kappa shape index (κ1) is 29.4. The van der Waals surface area contributed by atoms with Crippen LogP contribution in [0.3, 0.4) is 0 Å². The van der Waals surface area contributed by atoms with Crippen LogP contribution in [-0.4, -0.2) is 45.4 Å². The Kier molecular flexibility index (Phi) is 9.74. The monoisotopic (exact) mass is 522 g/mol. The molecule has 0 fully saturated rings. The number of rotatable bonds is 13. The minimum Gasteiger partial charge on any atom is -0.496 e. The van der Waals surface area contributed by atoms with Gasteiger partial charge in [0.1, 0.15) is 5.75 Å². The highest BCUT2D eigenvalue weighted by Crippen LogP contribution is 2.35. The fourth-order valence-corrected chi connectivity index (χ4v) is 4.55. The van der Waals surface area contributed by atoms with E-state index in [9.17, 15) is 9.59 Å². The van der Waals surface area contributed by atoms with E-state index in [2.05, 4.69) is 27.7 Å². The third kappa shape index (κ3) is 7.45. The molecule has 3 aromatic carbocycles. The summed E-state index contributed by atoms with van der Waals surface area (Å²) in [5.41, 5.74) is 11.9. The van der Waals surface area contributed by atoms with E-state index in [1.165, 1.54) is 0 Å². The van der Waals surface area contributed by atoms with Crippen molar-refractivity contribution >= 4 is 33.5 Å². The Morgan fingerprint density at radius 3 is 1.71 bits per heavy atom. The zero-order valence-electron chi connectivity index (χ0n) is 23.4. The van der Waals surface area contributed by atoms with Gasteiger partial charge in [0.05, 0.1) is 31.5 Å². The lowest BCUT2D eigenvalue weighted by Gasteiger charge is -2.24. The molecule has 0 saturated heterocycles. The molecule has 0 heterocycles. The fraction of sp³-hybridized carbons (Fsp3) is 0.484. The first-order valence-corrected chi connectivity index (χ1v) is 13.3. The Bertz CT molecular complexity index is 1280. The Morgan fingerprint density at radius 2 is 1.21 bits per heavy atom. The predicted octanol–water partition coefficient (Wildman–Crippen LogP) is 5.85. The van der Waals surface area contributed by atoms with Crippen molar-refractivity contribution < 1.29 is 23.8 Å². The first-order chi connectivity index (χ1) is 18.0. The van der Waals surface area contributed by atoms with E-state index in [-0.39, 0.29) is 22.8 Å². The third-order valence-electron chi connectivity index (χ3n) is 6.91. The van der Waals surface area contributed by atoms with E-state index in [4.69, 9.17) is 25.7 Å². The molecule has 0 radical (unpaired) electrons. The molecule has 7 heteroatoms. The van der Waals surface area contributed by atoms with Crippen LogP contribution < -0.4 is 16.2 Å². The van der Waals surface area contributed by atoms with Crippen molar-refractivity contribution in [2.24, 2.45) is 22.3 Å². The second kappa shape index (κ2) is 12.6. The van der Waals surface area contributed by atoms with E-state index in [1.807, 2.05) is 24.3 Å². The average molecular weight is 523 g/mol. The van der Waals surface area contributed by atoms with Crippen LogP contribution in [0.5, 0.6) is 5.75 Å². The molecule has 0 spiro atoms. The number of ether oxygens (including phenoxy) is 3. The Hall–Kier alpha value is -3.16. The third-order valence-corrected chi connectivity index (χ3v) is 6.91. The highest BCUT2D eigenvalue weighted by Gasteiger charge is 2.22. The minimum absolute atomic E-state index is 0.135. The summed E-state index contributed by atoms with van der Waals surface area (Å²) < 4.78 is 16.9. The van der Waals surface area contributed by atoms with Crippen molar-refractivity contribution in [3.63, 3.8) is 0 Å². The molecule has 4 N–H and O–H groups in total. The lowest BCUT2D eigenvalue weighted by molar-refractivity contribution is 0.0319. The van der Waals surface area contributed by atoms with Gasteiger partial charge in [-0.1, -0.05) is 39.8 Å². The van der Waals surface area contributed by atoms with Crippen LogP contribution in [0.4, 0.5) is 0 Å². The van der Waals surface area contributed by atoms with E-state index in [0.29, 0.717) is 43.2 Å². The zero-order chi connectivity index (χ0) is 27.9. The Balaban J connectivity index is 1.84. The molecule has 0 aliphatic heterocycles. The Morgan fingerprint density at radius 1 is 0.711 bits per heavy atom. The van der Waals surface area contributed by atoms with Crippen molar-refractivity contribution in [3.05, 3.63) is 53.6 Å². The summed E-state index contributed by atoms with van der Waals surface area (Å²) in [6, 6.07) is 12.8. The van der Waals surface area contributed by atoms with Crippen LogP contribution in [0, 0.1) is 10.8 Å². The van der Waals surface area contributed by atoms with Gasteiger partial charge < -0.3 is 25.7 Å². The maximum absolute atomic E-state index is 12.8. The standard InChI is InChI=1S/C31H42N2O5/c1-30(2,12-6-14-32)19-37-28(34)21-8-10-24-23(16-21)18-27(36-5)26-17-22(9-11-25(24)26)29(35)38-20-31(3,4)13-7-15-33/h8-11,16-18H,6-7,12-15,19-20,32-33H2,1-5H3. The van der Waals surface area contributed by atoms with Gasteiger partial charge in [0, 0.05) is 5.39 Å². The van der Waals surface area contributed by atoms with Crippen molar-refractivity contribution in [1.82, 2.24) is 0 Å². The fourth-order valence-electron chi connectivity index (χ4n) is 4.55. The predicted molar refractivity (Wildman–Crippen MR) is 153 cm³/mol. The molecule has 0 amide bonds. The van der Waals surface area contributed by atoms with E-state index >= 15 is 0 Å². The quantitative estimate of drug-likeness (QED) is 0.214. The maximum Gasteiger partial charge on any atom is 0.338 e. The lowest BCUT2D eigenvalue weighted by atomic mass is 9.89. The van der Waals surface area contributed by atoms with Gasteiger partial charge in [0.25, 0.3) is 0 Å². The lowest BCUT2D eigenvalue weighted by Crippen LogP contribution is -2.23. The number of carbonyl (C=O) groups is 2. The van der Waals surface area contributed by atoms with Gasteiger partial charge in [-0.15, -0.1) is 0 Å². The number of benzene rings is 3. The van der Waals surface area contributed by atoms with E-state index in [1.54, 1.807) is 25.3 Å². The van der Waals surface area contributed by atoms with Crippen LogP contribution in [0.1, 0.15) is 74.1 Å². The SMILES string of the molecule is COc1cc2cc(C(=O)OCC(C)(C)CCCN)ccc2c2ccc(C(=O)OCC(C)(C)CCCN)cc12. The van der Waals surface area contributed by atoms with Crippen molar-refractivity contribution in [1.29, 1.82) is 0 Å². The highest BCUT2D eigenvalue weighted by molar-refractivity contribution is 6.13. The van der Waals surface area contributed by atoms with E-state index < -0.39 is 0 Å². The molecule has 0 bridgehead atoms. The number of esters is 2. The molecule has 0 aromatic heterocycles. The van der Waals surface area contributed by atoms with Gasteiger partial charge in [-0.25, -0.2) is 9.59 Å². The second-order valence-corrected chi connectivity index (χ2v) is 11.5. The van der Waals surface area contributed by atoms with Crippen LogP contribution in [-0.2, 0) is 9.47 Å². The van der Waals surface area contributed by atoms with Crippen molar-refractivity contribution in [2.45, 2.75) is 53.4 Å². The average Bonchev–Trinajstić information content (AvgIpc) is 2.91. The van der Waals surface area contributed by atoms with Gasteiger partial charge >= 0.3 is 11.9 Å². The second-order valence-electron chi connectivity index (χ2n) is 11.5. The highest BCUT2D eigenvalue weighted by atomic mass is 16.5. The number of fused-ring (bicyclic) bond motifs is 3. The van der Waals surface area contributed by atoms with Crippen LogP contribution in [0.15, 0.2) is 42.5 Å². The molecule has 0 atom stereocenters. The normalized spacial score (nSPS) is 12.1. The summed E-state index contributed by atoms with van der Waals surface area (Å²) in [6.45, 7) is 10.2. The summed E-state index contributed by atoms with van der Waals surface area (Å²) in [5.74, 6) is -0.125. The molecule has 7 nitrogen and oxygen atoms in total. The minimum atomic E-state index is -0.373. The van der Waals surface area contributed by atoms with Gasteiger partial charge in [-0.05, 0) is 96.1 Å².